The van der Waals surface area contributed by atoms with Crippen molar-refractivity contribution in [2.45, 2.75) is 19.8 Å². The molecule has 0 bridgehead atoms. The fourth-order valence-electron chi connectivity index (χ4n) is 2.32. The second-order valence-corrected chi connectivity index (χ2v) is 5.46. The van der Waals surface area contributed by atoms with Crippen molar-refractivity contribution in [3.8, 4) is 22.6 Å². The van der Waals surface area contributed by atoms with E-state index in [1.807, 2.05) is 6.07 Å². The molecule has 0 N–H and O–H groups in total. The van der Waals surface area contributed by atoms with Crippen LogP contribution in [0.2, 0.25) is 0 Å². The molecule has 104 valence electrons. The van der Waals surface area contributed by atoms with E-state index in [2.05, 4.69) is 43.3 Å². The Morgan fingerprint density at radius 1 is 1.00 bits per heavy atom. The van der Waals surface area contributed by atoms with Crippen LogP contribution in [-0.2, 0) is 0 Å². The fraction of sp³-hybridized carbons (Fsp3) is 0.333. The zero-order valence-corrected chi connectivity index (χ0v) is 12.1. The van der Waals surface area contributed by atoms with Crippen LogP contribution in [-0.4, -0.2) is 13.7 Å². The highest BCUT2D eigenvalue weighted by atomic mass is 16.5. The van der Waals surface area contributed by atoms with Crippen LogP contribution in [0.15, 0.2) is 42.5 Å². The van der Waals surface area contributed by atoms with Gasteiger partial charge in [0.2, 0.25) is 0 Å². The molecule has 1 aliphatic rings. The topological polar surface area (TPSA) is 18.5 Å². The van der Waals surface area contributed by atoms with Crippen LogP contribution in [0.3, 0.4) is 0 Å². The molecule has 0 aliphatic heterocycles. The number of hydrogen-bond donors (Lipinski definition) is 0. The molecule has 1 fully saturated rings. The van der Waals surface area contributed by atoms with Gasteiger partial charge in [0, 0.05) is 0 Å². The Labute approximate surface area is 120 Å². The molecule has 20 heavy (non-hydrogen) atoms. The molecule has 0 saturated heterocycles. The monoisotopic (exact) mass is 268 g/mol. The van der Waals surface area contributed by atoms with E-state index < -0.39 is 0 Å². The lowest BCUT2D eigenvalue weighted by atomic mass is 10.0. The lowest BCUT2D eigenvalue weighted by Crippen LogP contribution is -1.98. The summed E-state index contributed by atoms with van der Waals surface area (Å²) in [6.45, 7) is 2.97. The Morgan fingerprint density at radius 3 is 2.30 bits per heavy atom. The molecule has 0 amide bonds. The molecule has 0 unspecified atom stereocenters. The molecule has 0 spiro atoms. The van der Waals surface area contributed by atoms with Crippen LogP contribution in [0.5, 0.6) is 11.5 Å². The third-order valence-electron chi connectivity index (χ3n) is 3.78. The zero-order chi connectivity index (χ0) is 13.9. The second kappa shape index (κ2) is 5.58. The van der Waals surface area contributed by atoms with E-state index >= 15 is 0 Å². The molecule has 2 nitrogen and oxygen atoms in total. The Hall–Kier alpha value is -1.96. The minimum Gasteiger partial charge on any atom is -0.497 e. The first kappa shape index (κ1) is 13.0. The normalized spacial score (nSPS) is 14.1. The zero-order valence-electron chi connectivity index (χ0n) is 12.1. The first-order valence-corrected chi connectivity index (χ1v) is 7.14. The number of rotatable bonds is 5. The highest BCUT2D eigenvalue weighted by Crippen LogP contribution is 2.31. The van der Waals surface area contributed by atoms with Crippen molar-refractivity contribution in [2.75, 3.05) is 13.7 Å². The predicted molar refractivity (Wildman–Crippen MR) is 81.4 cm³/mol. The highest BCUT2D eigenvalue weighted by Gasteiger charge is 2.21. The summed E-state index contributed by atoms with van der Waals surface area (Å²) < 4.78 is 11.0. The molecular weight excluding hydrogens is 248 g/mol. The van der Waals surface area contributed by atoms with Gasteiger partial charge in [0.15, 0.2) is 0 Å². The smallest absolute Gasteiger partial charge is 0.119 e. The largest absolute Gasteiger partial charge is 0.497 e. The van der Waals surface area contributed by atoms with Crippen molar-refractivity contribution in [1.82, 2.24) is 0 Å². The van der Waals surface area contributed by atoms with Crippen molar-refractivity contribution < 1.29 is 9.47 Å². The quantitative estimate of drug-likeness (QED) is 0.797. The molecule has 1 saturated carbocycles. The Balaban J connectivity index is 1.75. The van der Waals surface area contributed by atoms with E-state index in [0.29, 0.717) is 0 Å². The molecule has 3 rings (SSSR count). The maximum atomic E-state index is 5.77. The maximum absolute atomic E-state index is 5.77. The van der Waals surface area contributed by atoms with Gasteiger partial charge in [-0.1, -0.05) is 18.2 Å². The van der Waals surface area contributed by atoms with Gasteiger partial charge in [-0.05, 0) is 66.6 Å². The average Bonchev–Trinajstić information content (AvgIpc) is 3.30. The lowest BCUT2D eigenvalue weighted by molar-refractivity contribution is 0.300. The summed E-state index contributed by atoms with van der Waals surface area (Å²) in [5, 5.41) is 0. The first-order valence-electron chi connectivity index (χ1n) is 7.14. The van der Waals surface area contributed by atoms with E-state index in [4.69, 9.17) is 9.47 Å². The SMILES string of the molecule is COc1ccc(-c2ccc(OCC3CC3)cc2)c(C)c1. The third kappa shape index (κ3) is 2.96. The van der Waals surface area contributed by atoms with Crippen molar-refractivity contribution in [1.29, 1.82) is 0 Å². The van der Waals surface area contributed by atoms with Crippen LogP contribution in [0.25, 0.3) is 11.1 Å². The van der Waals surface area contributed by atoms with Gasteiger partial charge in [-0.15, -0.1) is 0 Å². The van der Waals surface area contributed by atoms with E-state index in [9.17, 15) is 0 Å². The minimum atomic E-state index is 0.790. The van der Waals surface area contributed by atoms with Crippen molar-refractivity contribution in [2.24, 2.45) is 5.92 Å². The summed E-state index contributed by atoms with van der Waals surface area (Å²) in [4.78, 5) is 0. The number of hydrogen-bond acceptors (Lipinski definition) is 2. The van der Waals surface area contributed by atoms with Gasteiger partial charge >= 0.3 is 0 Å². The first-order chi connectivity index (χ1) is 9.76. The summed E-state index contributed by atoms with van der Waals surface area (Å²) in [5.41, 5.74) is 3.67. The Bertz CT molecular complexity index is 583. The van der Waals surface area contributed by atoms with Gasteiger partial charge in [-0.2, -0.15) is 0 Å². The third-order valence-corrected chi connectivity index (χ3v) is 3.78. The predicted octanol–water partition coefficient (Wildman–Crippen LogP) is 4.46. The van der Waals surface area contributed by atoms with Crippen molar-refractivity contribution >= 4 is 0 Å². The number of aryl methyl sites for hydroxylation is 1. The van der Waals surface area contributed by atoms with E-state index in [-0.39, 0.29) is 0 Å². The lowest BCUT2D eigenvalue weighted by Gasteiger charge is -2.10. The molecule has 0 radical (unpaired) electrons. The van der Waals surface area contributed by atoms with Crippen molar-refractivity contribution in [3.05, 3.63) is 48.0 Å². The average molecular weight is 268 g/mol. The van der Waals surface area contributed by atoms with Gasteiger partial charge < -0.3 is 9.47 Å². The summed E-state index contributed by atoms with van der Waals surface area (Å²) in [6.07, 6.45) is 2.65. The van der Waals surface area contributed by atoms with Gasteiger partial charge in [-0.3, -0.25) is 0 Å². The molecule has 1 aliphatic carbocycles. The van der Waals surface area contributed by atoms with Gasteiger partial charge in [0.05, 0.1) is 13.7 Å². The molecule has 2 aromatic carbocycles. The van der Waals surface area contributed by atoms with Crippen LogP contribution in [0.1, 0.15) is 18.4 Å². The number of ether oxygens (including phenoxy) is 2. The fourth-order valence-corrected chi connectivity index (χ4v) is 2.32. The van der Waals surface area contributed by atoms with Crippen LogP contribution in [0.4, 0.5) is 0 Å². The van der Waals surface area contributed by atoms with E-state index in [1.54, 1.807) is 7.11 Å². The molecule has 0 heterocycles. The number of benzene rings is 2. The molecular formula is C18H20O2. The maximum Gasteiger partial charge on any atom is 0.119 e. The van der Waals surface area contributed by atoms with Crippen LogP contribution >= 0.6 is 0 Å². The van der Waals surface area contributed by atoms with Gasteiger partial charge in [0.1, 0.15) is 11.5 Å². The standard InChI is InChI=1S/C18H20O2/c1-13-11-17(19-2)9-10-18(13)15-5-7-16(8-6-15)20-12-14-3-4-14/h5-11,14H,3-4,12H2,1-2H3. The van der Waals surface area contributed by atoms with E-state index in [1.165, 1.54) is 29.5 Å². The minimum absolute atomic E-state index is 0.790. The summed E-state index contributed by atoms with van der Waals surface area (Å²) in [6, 6.07) is 14.5. The Kier molecular flexibility index (Phi) is 3.64. The number of methoxy groups -OCH3 is 1. The van der Waals surface area contributed by atoms with Crippen molar-refractivity contribution in [3.63, 3.8) is 0 Å². The highest BCUT2D eigenvalue weighted by molar-refractivity contribution is 5.68. The second-order valence-electron chi connectivity index (χ2n) is 5.46. The molecule has 2 heteroatoms. The van der Waals surface area contributed by atoms with Gasteiger partial charge in [-0.25, -0.2) is 0 Å². The van der Waals surface area contributed by atoms with Gasteiger partial charge in [0.25, 0.3) is 0 Å². The van der Waals surface area contributed by atoms with Crippen LogP contribution in [0, 0.1) is 12.8 Å². The molecule has 0 atom stereocenters. The van der Waals surface area contributed by atoms with E-state index in [0.717, 1.165) is 24.0 Å². The summed E-state index contributed by atoms with van der Waals surface area (Å²) >= 11 is 0. The Morgan fingerprint density at radius 2 is 1.70 bits per heavy atom. The summed E-state index contributed by atoms with van der Waals surface area (Å²) in [7, 11) is 1.69. The van der Waals surface area contributed by atoms with Crippen LogP contribution < -0.4 is 9.47 Å². The summed E-state index contributed by atoms with van der Waals surface area (Å²) in [5.74, 6) is 2.65. The molecule has 0 aromatic heterocycles. The molecule has 2 aromatic rings.